The fourth-order valence-electron chi connectivity index (χ4n) is 1.58. The minimum atomic E-state index is 0.774. The Morgan fingerprint density at radius 3 is 3.00 bits per heavy atom. The van der Waals surface area contributed by atoms with Gasteiger partial charge in [0.1, 0.15) is 5.75 Å². The fourth-order valence-corrected chi connectivity index (χ4v) is 1.58. The molecular weight excluding hydrogens is 160 g/mol. The van der Waals surface area contributed by atoms with Gasteiger partial charge in [-0.15, -0.1) is 0 Å². The fraction of sp³-hybridized carbons (Fsp3) is 0.167. The number of rotatable bonds is 1. The van der Waals surface area contributed by atoms with Gasteiger partial charge in [-0.25, -0.2) is 0 Å². The zero-order valence-electron chi connectivity index (χ0n) is 7.49. The molecule has 13 heavy (non-hydrogen) atoms. The van der Waals surface area contributed by atoms with Crippen LogP contribution in [-0.4, -0.2) is 6.61 Å². The predicted molar refractivity (Wildman–Crippen MR) is 54.7 cm³/mol. The van der Waals surface area contributed by atoms with Crippen LogP contribution in [0.5, 0.6) is 5.75 Å². The third kappa shape index (κ3) is 1.50. The first-order valence-corrected chi connectivity index (χ1v) is 4.45. The Hall–Kier alpha value is -1.50. The average molecular weight is 172 g/mol. The van der Waals surface area contributed by atoms with Gasteiger partial charge in [-0.3, -0.25) is 0 Å². The molecule has 1 aliphatic rings. The van der Waals surface area contributed by atoms with Gasteiger partial charge >= 0.3 is 0 Å². The number of benzene rings is 1. The van der Waals surface area contributed by atoms with E-state index in [0.717, 1.165) is 18.8 Å². The predicted octanol–water partition coefficient (Wildman–Crippen LogP) is 3.04. The van der Waals surface area contributed by atoms with E-state index in [1.807, 2.05) is 24.3 Å². The lowest BCUT2D eigenvalue weighted by atomic mass is 10.00. The van der Waals surface area contributed by atoms with E-state index < -0.39 is 0 Å². The first-order valence-electron chi connectivity index (χ1n) is 4.45. The van der Waals surface area contributed by atoms with E-state index in [2.05, 4.69) is 18.7 Å². The number of fused-ring (bicyclic) bond motifs is 1. The molecule has 0 saturated carbocycles. The van der Waals surface area contributed by atoms with Gasteiger partial charge in [-0.1, -0.05) is 36.9 Å². The van der Waals surface area contributed by atoms with Crippen molar-refractivity contribution >= 4 is 5.57 Å². The van der Waals surface area contributed by atoms with Crippen LogP contribution in [-0.2, 0) is 0 Å². The lowest BCUT2D eigenvalue weighted by Gasteiger charge is -2.19. The molecule has 0 saturated heterocycles. The van der Waals surface area contributed by atoms with Crippen molar-refractivity contribution in [2.75, 3.05) is 6.61 Å². The van der Waals surface area contributed by atoms with Crippen LogP contribution in [0.1, 0.15) is 12.0 Å². The summed E-state index contributed by atoms with van der Waals surface area (Å²) in [5, 5.41) is 0. The highest BCUT2D eigenvalue weighted by Gasteiger charge is 2.12. The SMILES string of the molecule is C=CC=C1CCOc2ccccc21. The van der Waals surface area contributed by atoms with Gasteiger partial charge < -0.3 is 4.74 Å². The van der Waals surface area contributed by atoms with Crippen molar-refractivity contribution in [3.05, 3.63) is 48.6 Å². The Morgan fingerprint density at radius 1 is 1.31 bits per heavy atom. The first-order chi connectivity index (χ1) is 6.42. The van der Waals surface area contributed by atoms with E-state index in [1.165, 1.54) is 11.1 Å². The Labute approximate surface area is 78.3 Å². The second-order valence-corrected chi connectivity index (χ2v) is 3.02. The summed E-state index contributed by atoms with van der Waals surface area (Å²) in [5.74, 6) is 0.988. The van der Waals surface area contributed by atoms with Crippen LogP contribution in [0.3, 0.4) is 0 Å². The molecule has 0 N–H and O–H groups in total. The van der Waals surface area contributed by atoms with E-state index >= 15 is 0 Å². The van der Waals surface area contributed by atoms with Gasteiger partial charge in [0.25, 0.3) is 0 Å². The Bertz CT molecular complexity index is 350. The van der Waals surface area contributed by atoms with Crippen molar-refractivity contribution in [1.82, 2.24) is 0 Å². The molecule has 0 bridgehead atoms. The van der Waals surface area contributed by atoms with Crippen molar-refractivity contribution in [2.45, 2.75) is 6.42 Å². The smallest absolute Gasteiger partial charge is 0.126 e. The molecule has 1 aliphatic heterocycles. The standard InChI is InChI=1S/C12H12O/c1-2-5-10-8-9-13-12-7-4-3-6-11(10)12/h2-7H,1,8-9H2. The van der Waals surface area contributed by atoms with Gasteiger partial charge in [0, 0.05) is 12.0 Å². The molecule has 0 fully saturated rings. The van der Waals surface area contributed by atoms with Crippen LogP contribution < -0.4 is 4.74 Å². The van der Waals surface area contributed by atoms with E-state index in [0.29, 0.717) is 0 Å². The van der Waals surface area contributed by atoms with Crippen LogP contribution in [0, 0.1) is 0 Å². The molecule has 0 unspecified atom stereocenters. The molecule has 1 aromatic rings. The summed E-state index contributed by atoms with van der Waals surface area (Å²) in [4.78, 5) is 0. The normalized spacial score (nSPS) is 17.7. The van der Waals surface area contributed by atoms with Gasteiger partial charge in [-0.05, 0) is 11.6 Å². The highest BCUT2D eigenvalue weighted by Crippen LogP contribution is 2.32. The third-order valence-corrected chi connectivity index (χ3v) is 2.18. The lowest BCUT2D eigenvalue weighted by molar-refractivity contribution is 0.316. The van der Waals surface area contributed by atoms with Crippen molar-refractivity contribution in [3.63, 3.8) is 0 Å². The summed E-state index contributed by atoms with van der Waals surface area (Å²) >= 11 is 0. The summed E-state index contributed by atoms with van der Waals surface area (Å²) in [5.41, 5.74) is 2.52. The maximum absolute atomic E-state index is 5.52. The molecule has 0 spiro atoms. The molecule has 0 aromatic heterocycles. The zero-order chi connectivity index (χ0) is 9.10. The zero-order valence-corrected chi connectivity index (χ0v) is 7.49. The van der Waals surface area contributed by atoms with E-state index in [9.17, 15) is 0 Å². The highest BCUT2D eigenvalue weighted by molar-refractivity contribution is 5.72. The van der Waals surface area contributed by atoms with Crippen molar-refractivity contribution in [2.24, 2.45) is 0 Å². The number of hydrogen-bond acceptors (Lipinski definition) is 1. The number of hydrogen-bond donors (Lipinski definition) is 0. The second kappa shape index (κ2) is 3.48. The van der Waals surface area contributed by atoms with Crippen LogP contribution >= 0.6 is 0 Å². The Morgan fingerprint density at radius 2 is 2.15 bits per heavy atom. The Balaban J connectivity index is 2.48. The molecular formula is C12H12O. The highest BCUT2D eigenvalue weighted by atomic mass is 16.5. The van der Waals surface area contributed by atoms with E-state index in [-0.39, 0.29) is 0 Å². The summed E-state index contributed by atoms with van der Waals surface area (Å²) in [6.45, 7) is 4.48. The molecule has 1 nitrogen and oxygen atoms in total. The molecule has 0 radical (unpaired) electrons. The van der Waals surface area contributed by atoms with E-state index in [1.54, 1.807) is 0 Å². The van der Waals surface area contributed by atoms with Crippen LogP contribution in [0.4, 0.5) is 0 Å². The minimum absolute atomic E-state index is 0.774. The number of allylic oxidation sites excluding steroid dienone is 2. The summed E-state index contributed by atoms with van der Waals surface area (Å²) in [6, 6.07) is 8.12. The largest absolute Gasteiger partial charge is 0.493 e. The molecule has 1 heterocycles. The quantitative estimate of drug-likeness (QED) is 0.632. The number of para-hydroxylation sites is 1. The van der Waals surface area contributed by atoms with Crippen LogP contribution in [0.2, 0.25) is 0 Å². The molecule has 1 aromatic carbocycles. The Kier molecular flexibility index (Phi) is 2.17. The van der Waals surface area contributed by atoms with Gasteiger partial charge in [-0.2, -0.15) is 0 Å². The molecule has 0 atom stereocenters. The molecule has 0 amide bonds. The van der Waals surface area contributed by atoms with Crippen molar-refractivity contribution < 1.29 is 4.74 Å². The summed E-state index contributed by atoms with van der Waals surface area (Å²) < 4.78 is 5.52. The molecule has 0 aliphatic carbocycles. The topological polar surface area (TPSA) is 9.23 Å². The lowest BCUT2D eigenvalue weighted by Crippen LogP contribution is -2.07. The average Bonchev–Trinajstić information content (AvgIpc) is 2.19. The van der Waals surface area contributed by atoms with E-state index in [4.69, 9.17) is 4.74 Å². The summed E-state index contributed by atoms with van der Waals surface area (Å²) in [6.07, 6.45) is 4.86. The first kappa shape index (κ1) is 8.11. The van der Waals surface area contributed by atoms with Crippen LogP contribution in [0.15, 0.2) is 43.0 Å². The van der Waals surface area contributed by atoms with Crippen molar-refractivity contribution in [1.29, 1.82) is 0 Å². The minimum Gasteiger partial charge on any atom is -0.493 e. The maximum Gasteiger partial charge on any atom is 0.126 e. The molecule has 66 valence electrons. The number of ether oxygens (including phenoxy) is 1. The van der Waals surface area contributed by atoms with Crippen LogP contribution in [0.25, 0.3) is 5.57 Å². The molecule has 2 rings (SSSR count). The third-order valence-electron chi connectivity index (χ3n) is 2.18. The molecule has 1 heteroatoms. The summed E-state index contributed by atoms with van der Waals surface area (Å²) in [7, 11) is 0. The van der Waals surface area contributed by atoms with Gasteiger partial charge in [0.15, 0.2) is 0 Å². The van der Waals surface area contributed by atoms with Crippen molar-refractivity contribution in [3.8, 4) is 5.75 Å². The van der Waals surface area contributed by atoms with Gasteiger partial charge in [0.2, 0.25) is 0 Å². The maximum atomic E-state index is 5.52. The monoisotopic (exact) mass is 172 g/mol. The second-order valence-electron chi connectivity index (χ2n) is 3.02. The van der Waals surface area contributed by atoms with Gasteiger partial charge in [0.05, 0.1) is 6.61 Å².